The van der Waals surface area contributed by atoms with E-state index in [0.717, 1.165) is 28.1 Å². The molecule has 2 aromatic heterocycles. The molecule has 0 saturated carbocycles. The third kappa shape index (κ3) is 3.34. The van der Waals surface area contributed by atoms with Crippen molar-refractivity contribution in [3.63, 3.8) is 0 Å². The van der Waals surface area contributed by atoms with Crippen molar-refractivity contribution >= 4 is 44.6 Å². The maximum Gasteiger partial charge on any atom is 0.258 e. The fraction of sp³-hybridized carbons (Fsp3) is 0.417. The van der Waals surface area contributed by atoms with E-state index in [9.17, 15) is 4.79 Å². The third-order valence-electron chi connectivity index (χ3n) is 2.72. The molecule has 2 heterocycles. The first kappa shape index (κ1) is 14.5. The van der Waals surface area contributed by atoms with Gasteiger partial charge in [-0.05, 0) is 13.8 Å². The molecule has 0 bridgehead atoms. The molecule has 0 aromatic carbocycles. The molecular formula is C12H15N3OS3. The van der Waals surface area contributed by atoms with Crippen LogP contribution >= 0.6 is 35.3 Å². The number of rotatable bonds is 4. The highest BCUT2D eigenvalue weighted by Gasteiger charge is 2.08. The first-order valence-electron chi connectivity index (χ1n) is 6.03. The van der Waals surface area contributed by atoms with Crippen molar-refractivity contribution in [2.75, 3.05) is 13.1 Å². The van der Waals surface area contributed by atoms with E-state index in [1.807, 2.05) is 5.38 Å². The fourth-order valence-electron chi connectivity index (χ4n) is 1.67. The van der Waals surface area contributed by atoms with Gasteiger partial charge in [0.1, 0.15) is 4.32 Å². The normalized spacial score (nSPS) is 10.8. The van der Waals surface area contributed by atoms with Gasteiger partial charge in [-0.15, -0.1) is 11.3 Å². The Morgan fingerprint density at radius 1 is 1.53 bits per heavy atom. The smallest absolute Gasteiger partial charge is 0.258 e. The summed E-state index contributed by atoms with van der Waals surface area (Å²) in [4.78, 5) is 19.1. The SMILES string of the molecule is CCN(CC)C(=S)SCc1cc(=O)n2ccsc2n1. The van der Waals surface area contributed by atoms with E-state index in [1.165, 1.54) is 11.3 Å². The maximum absolute atomic E-state index is 11.8. The second-order valence-electron chi connectivity index (χ2n) is 3.87. The van der Waals surface area contributed by atoms with Crippen molar-refractivity contribution in [1.29, 1.82) is 0 Å². The van der Waals surface area contributed by atoms with Crippen LogP contribution in [0.25, 0.3) is 4.96 Å². The summed E-state index contributed by atoms with van der Waals surface area (Å²) in [6.07, 6.45) is 1.74. The van der Waals surface area contributed by atoms with E-state index >= 15 is 0 Å². The lowest BCUT2D eigenvalue weighted by Gasteiger charge is -2.20. The molecule has 0 spiro atoms. The lowest BCUT2D eigenvalue weighted by molar-refractivity contribution is 0.482. The number of hydrogen-bond acceptors (Lipinski definition) is 5. The van der Waals surface area contributed by atoms with Crippen LogP contribution in [0.2, 0.25) is 0 Å². The van der Waals surface area contributed by atoms with Gasteiger partial charge in [-0.1, -0.05) is 24.0 Å². The lowest BCUT2D eigenvalue weighted by atomic mass is 10.4. The maximum atomic E-state index is 11.8. The number of nitrogens with zero attached hydrogens (tertiary/aromatic N) is 3. The molecule has 0 aliphatic rings. The molecule has 7 heteroatoms. The Hall–Kier alpha value is -0.920. The minimum Gasteiger partial charge on any atom is -0.358 e. The van der Waals surface area contributed by atoms with Gasteiger partial charge in [0, 0.05) is 36.5 Å². The molecule has 102 valence electrons. The molecule has 0 atom stereocenters. The summed E-state index contributed by atoms with van der Waals surface area (Å²) in [5.41, 5.74) is 0.752. The molecule has 2 rings (SSSR count). The third-order valence-corrected chi connectivity index (χ3v) is 5.04. The highest BCUT2D eigenvalue weighted by atomic mass is 32.2. The van der Waals surface area contributed by atoms with E-state index < -0.39 is 0 Å². The van der Waals surface area contributed by atoms with Crippen molar-refractivity contribution in [3.05, 3.63) is 33.7 Å². The van der Waals surface area contributed by atoms with Crippen molar-refractivity contribution in [1.82, 2.24) is 14.3 Å². The summed E-state index contributed by atoms with van der Waals surface area (Å²) < 4.78 is 2.42. The fourth-order valence-corrected chi connectivity index (χ4v) is 3.70. The number of hydrogen-bond donors (Lipinski definition) is 0. The van der Waals surface area contributed by atoms with Crippen LogP contribution in [0.15, 0.2) is 22.4 Å². The van der Waals surface area contributed by atoms with Crippen LogP contribution in [0.5, 0.6) is 0 Å². The lowest BCUT2D eigenvalue weighted by Crippen LogP contribution is -2.26. The van der Waals surface area contributed by atoms with Crippen LogP contribution in [0.1, 0.15) is 19.5 Å². The van der Waals surface area contributed by atoms with Gasteiger partial charge in [0.25, 0.3) is 5.56 Å². The van der Waals surface area contributed by atoms with Crippen molar-refractivity contribution in [2.24, 2.45) is 0 Å². The Morgan fingerprint density at radius 2 is 2.26 bits per heavy atom. The zero-order valence-corrected chi connectivity index (χ0v) is 13.3. The predicted molar refractivity (Wildman–Crippen MR) is 86.2 cm³/mol. The molecule has 0 aliphatic carbocycles. The second-order valence-corrected chi connectivity index (χ2v) is 6.35. The van der Waals surface area contributed by atoms with E-state index in [0.29, 0.717) is 5.75 Å². The molecule has 0 fully saturated rings. The Balaban J connectivity index is 2.09. The van der Waals surface area contributed by atoms with Crippen LogP contribution in [-0.4, -0.2) is 31.7 Å². The first-order valence-corrected chi connectivity index (χ1v) is 8.30. The Bertz CT molecular complexity index is 630. The van der Waals surface area contributed by atoms with Gasteiger partial charge in [0.05, 0.1) is 5.69 Å². The van der Waals surface area contributed by atoms with Gasteiger partial charge < -0.3 is 4.90 Å². The van der Waals surface area contributed by atoms with Crippen molar-refractivity contribution < 1.29 is 0 Å². The minimum absolute atomic E-state index is 0.0318. The second kappa shape index (κ2) is 6.49. The zero-order valence-electron chi connectivity index (χ0n) is 10.8. The topological polar surface area (TPSA) is 37.6 Å². The van der Waals surface area contributed by atoms with E-state index in [4.69, 9.17) is 12.2 Å². The van der Waals surface area contributed by atoms with Crippen LogP contribution in [0, 0.1) is 0 Å². The van der Waals surface area contributed by atoms with E-state index in [-0.39, 0.29) is 5.56 Å². The molecule has 0 aliphatic heterocycles. The number of aromatic nitrogens is 2. The van der Waals surface area contributed by atoms with Gasteiger partial charge in [-0.25, -0.2) is 4.98 Å². The number of fused-ring (bicyclic) bond motifs is 1. The summed E-state index contributed by atoms with van der Waals surface area (Å²) in [5, 5.41) is 1.86. The number of thioether (sulfide) groups is 1. The summed E-state index contributed by atoms with van der Waals surface area (Å²) in [7, 11) is 0. The molecular weight excluding hydrogens is 298 g/mol. The molecule has 4 nitrogen and oxygen atoms in total. The Labute approximate surface area is 125 Å². The van der Waals surface area contributed by atoms with Gasteiger partial charge in [0.2, 0.25) is 0 Å². The predicted octanol–water partition coefficient (Wildman–Crippen LogP) is 2.62. The summed E-state index contributed by atoms with van der Waals surface area (Å²) in [6.45, 7) is 5.97. The highest BCUT2D eigenvalue weighted by Crippen LogP contribution is 2.16. The molecule has 0 unspecified atom stereocenters. The molecule has 0 N–H and O–H groups in total. The van der Waals surface area contributed by atoms with E-state index in [1.54, 1.807) is 28.4 Å². The largest absolute Gasteiger partial charge is 0.358 e. The summed E-state index contributed by atoms with van der Waals surface area (Å²) in [6, 6.07) is 1.58. The van der Waals surface area contributed by atoms with Gasteiger partial charge in [0.15, 0.2) is 4.96 Å². The number of thiocarbonyl (C=S) groups is 1. The molecule has 0 radical (unpaired) electrons. The minimum atomic E-state index is -0.0318. The standard InChI is InChI=1S/C12H15N3OS3/c1-3-14(4-2)12(17)19-8-9-7-10(16)15-5-6-18-11(15)13-9/h5-7H,3-4,8H2,1-2H3. The molecule has 19 heavy (non-hydrogen) atoms. The van der Waals surface area contributed by atoms with Crippen LogP contribution in [-0.2, 0) is 5.75 Å². The average Bonchev–Trinajstić information content (AvgIpc) is 2.86. The first-order chi connectivity index (χ1) is 9.15. The Morgan fingerprint density at radius 3 is 2.95 bits per heavy atom. The highest BCUT2D eigenvalue weighted by molar-refractivity contribution is 8.22. The average molecular weight is 313 g/mol. The zero-order chi connectivity index (χ0) is 13.8. The number of thiazole rings is 1. The van der Waals surface area contributed by atoms with Crippen LogP contribution in [0.4, 0.5) is 0 Å². The van der Waals surface area contributed by atoms with Crippen LogP contribution in [0.3, 0.4) is 0 Å². The molecule has 0 saturated heterocycles. The van der Waals surface area contributed by atoms with Gasteiger partial charge in [-0.2, -0.15) is 0 Å². The van der Waals surface area contributed by atoms with Gasteiger partial charge in [-0.3, -0.25) is 9.20 Å². The van der Waals surface area contributed by atoms with Gasteiger partial charge >= 0.3 is 0 Å². The van der Waals surface area contributed by atoms with Crippen molar-refractivity contribution in [3.8, 4) is 0 Å². The monoisotopic (exact) mass is 313 g/mol. The molecule has 2 aromatic rings. The van der Waals surface area contributed by atoms with Crippen LogP contribution < -0.4 is 5.56 Å². The summed E-state index contributed by atoms with van der Waals surface area (Å²) in [5.74, 6) is 0.638. The van der Waals surface area contributed by atoms with E-state index in [2.05, 4.69) is 23.7 Å². The summed E-state index contributed by atoms with van der Waals surface area (Å²) >= 11 is 8.39. The quantitative estimate of drug-likeness (QED) is 0.811. The van der Waals surface area contributed by atoms with Crippen molar-refractivity contribution in [2.45, 2.75) is 19.6 Å². The Kier molecular flexibility index (Phi) is 4.95. The molecule has 0 amide bonds.